The van der Waals surface area contributed by atoms with Crippen LogP contribution < -0.4 is 4.72 Å². The molecule has 0 radical (unpaired) electrons. The Kier molecular flexibility index (Phi) is 6.01. The molecule has 0 bridgehead atoms. The van der Waals surface area contributed by atoms with Crippen molar-refractivity contribution < 1.29 is 26.9 Å². The summed E-state index contributed by atoms with van der Waals surface area (Å²) in [6.07, 6.45) is -5.65. The van der Waals surface area contributed by atoms with E-state index in [1.807, 2.05) is 4.72 Å². The molecule has 2 atom stereocenters. The number of carbonyl (C=O) groups is 1. The summed E-state index contributed by atoms with van der Waals surface area (Å²) >= 11 is 0. The quantitative estimate of drug-likeness (QED) is 0.793. The molecule has 0 saturated heterocycles. The lowest BCUT2D eigenvalue weighted by Gasteiger charge is -2.34. The first-order chi connectivity index (χ1) is 8.33. The summed E-state index contributed by atoms with van der Waals surface area (Å²) < 4.78 is 56.6. The fourth-order valence-electron chi connectivity index (χ4n) is 1.05. The molecule has 0 aromatic heterocycles. The Morgan fingerprint density at radius 3 is 2.00 bits per heavy atom. The zero-order chi connectivity index (χ0) is 15.5. The fraction of sp³-hybridized carbons (Fsp3) is 0.909. The molecule has 4 nitrogen and oxygen atoms in total. The van der Waals surface area contributed by atoms with E-state index in [4.69, 9.17) is 0 Å². The Labute approximate surface area is 113 Å². The third-order valence-electron chi connectivity index (χ3n) is 2.30. The van der Waals surface area contributed by atoms with Gasteiger partial charge in [-0.05, 0) is 34.6 Å². The maximum atomic E-state index is 13.0. The highest BCUT2D eigenvalue weighted by Crippen LogP contribution is 2.34. The van der Waals surface area contributed by atoms with Gasteiger partial charge in [0.25, 0.3) is 0 Å². The van der Waals surface area contributed by atoms with Crippen LogP contribution in [0.4, 0.5) is 13.2 Å². The Morgan fingerprint density at radius 1 is 1.21 bits per heavy atom. The number of halogens is 3. The zero-order valence-corrected chi connectivity index (χ0v) is 12.5. The number of rotatable bonds is 5. The highest BCUT2D eigenvalue weighted by Gasteiger charge is 2.54. The molecule has 0 rings (SSSR count). The van der Waals surface area contributed by atoms with Crippen LogP contribution in [-0.4, -0.2) is 33.2 Å². The van der Waals surface area contributed by atoms with Crippen molar-refractivity contribution in [2.75, 3.05) is 6.61 Å². The van der Waals surface area contributed by atoms with Gasteiger partial charge in [-0.25, -0.2) is 8.93 Å². The van der Waals surface area contributed by atoms with Gasteiger partial charge in [0.1, 0.15) is 5.54 Å². The average molecular weight is 303 g/mol. The molecular weight excluding hydrogens is 283 g/mol. The minimum Gasteiger partial charge on any atom is -0.466 e. The fourth-order valence-corrected chi connectivity index (χ4v) is 1.96. The van der Waals surface area contributed by atoms with Gasteiger partial charge in [0.05, 0.1) is 28.8 Å². The van der Waals surface area contributed by atoms with Crippen molar-refractivity contribution in [2.45, 2.75) is 57.5 Å². The van der Waals surface area contributed by atoms with Crippen molar-refractivity contribution in [1.82, 2.24) is 4.72 Å². The van der Waals surface area contributed by atoms with Gasteiger partial charge in [0, 0.05) is 0 Å². The Morgan fingerprint density at radius 2 is 1.68 bits per heavy atom. The molecule has 0 spiro atoms. The first kappa shape index (κ1) is 18.4. The largest absolute Gasteiger partial charge is 0.466 e. The van der Waals surface area contributed by atoms with E-state index in [0.717, 1.165) is 6.92 Å². The smallest absolute Gasteiger partial charge is 0.407 e. The Hall–Kier alpha value is -0.630. The first-order valence-corrected chi connectivity index (χ1v) is 6.90. The van der Waals surface area contributed by atoms with Crippen LogP contribution in [0.5, 0.6) is 0 Å². The van der Waals surface area contributed by atoms with E-state index >= 15 is 0 Å². The normalized spacial score (nSPS) is 17.7. The number of esters is 1. The Balaban J connectivity index is 5.11. The van der Waals surface area contributed by atoms with Crippen molar-refractivity contribution in [1.29, 1.82) is 0 Å². The van der Waals surface area contributed by atoms with Gasteiger partial charge < -0.3 is 4.74 Å². The molecule has 0 aromatic carbocycles. The SMILES string of the molecule is CCOC(=O)C[C@@](C)(N[S@@](=O)C(C)(C)C)C(F)(F)F. The summed E-state index contributed by atoms with van der Waals surface area (Å²) in [5.74, 6) is -0.985. The summed E-state index contributed by atoms with van der Waals surface area (Å²) in [6, 6.07) is 0. The van der Waals surface area contributed by atoms with Crippen LogP contribution >= 0.6 is 0 Å². The molecule has 1 N–H and O–H groups in total. The lowest BCUT2D eigenvalue weighted by Crippen LogP contribution is -2.58. The molecule has 0 amide bonds. The van der Waals surface area contributed by atoms with Gasteiger partial charge in [0.2, 0.25) is 0 Å². The number of ether oxygens (including phenoxy) is 1. The van der Waals surface area contributed by atoms with Gasteiger partial charge in [-0.15, -0.1) is 0 Å². The molecule has 8 heteroatoms. The Bertz CT molecular complexity index is 352. The minimum atomic E-state index is -4.72. The second-order valence-corrected chi connectivity index (χ2v) is 7.26. The number of nitrogens with one attached hydrogen (secondary N) is 1. The van der Waals surface area contributed by atoms with Crippen molar-refractivity contribution in [3.63, 3.8) is 0 Å². The number of alkyl halides is 3. The minimum absolute atomic E-state index is 0.00483. The zero-order valence-electron chi connectivity index (χ0n) is 11.7. The second kappa shape index (κ2) is 6.21. The lowest BCUT2D eigenvalue weighted by atomic mass is 9.99. The van der Waals surface area contributed by atoms with E-state index in [-0.39, 0.29) is 6.61 Å². The van der Waals surface area contributed by atoms with Crippen molar-refractivity contribution in [3.05, 3.63) is 0 Å². The molecule has 114 valence electrons. The second-order valence-electron chi connectivity index (χ2n) is 5.29. The summed E-state index contributed by atoms with van der Waals surface area (Å²) in [5.41, 5.74) is -2.59. The third-order valence-corrected chi connectivity index (χ3v) is 4.05. The molecule has 0 aliphatic carbocycles. The maximum absolute atomic E-state index is 13.0. The molecule has 0 aliphatic heterocycles. The predicted molar refractivity (Wildman–Crippen MR) is 66.7 cm³/mol. The maximum Gasteiger partial charge on any atom is 0.407 e. The highest BCUT2D eigenvalue weighted by molar-refractivity contribution is 7.84. The molecule has 0 aliphatic rings. The van der Waals surface area contributed by atoms with E-state index in [1.54, 1.807) is 0 Å². The summed E-state index contributed by atoms with van der Waals surface area (Å²) in [7, 11) is -1.95. The van der Waals surface area contributed by atoms with Crippen LogP contribution in [0.1, 0.15) is 41.0 Å². The van der Waals surface area contributed by atoms with Crippen molar-refractivity contribution in [2.24, 2.45) is 0 Å². The standard InChI is InChI=1S/C11H20F3NO3S/c1-6-18-8(16)7-10(5,11(12,13)14)15-19(17)9(2,3)4/h15H,6-7H2,1-5H3/t10-,19+/m1/s1. The van der Waals surface area contributed by atoms with E-state index in [9.17, 15) is 22.2 Å². The van der Waals surface area contributed by atoms with E-state index in [0.29, 0.717) is 0 Å². The van der Waals surface area contributed by atoms with Gasteiger partial charge in [-0.1, -0.05) is 0 Å². The summed E-state index contributed by atoms with van der Waals surface area (Å²) in [6.45, 7) is 6.91. The van der Waals surface area contributed by atoms with Crippen LogP contribution in [0.3, 0.4) is 0 Å². The van der Waals surface area contributed by atoms with Crippen LogP contribution in [-0.2, 0) is 20.5 Å². The van der Waals surface area contributed by atoms with Crippen molar-refractivity contribution >= 4 is 17.0 Å². The number of hydrogen-bond acceptors (Lipinski definition) is 3. The van der Waals surface area contributed by atoms with Crippen LogP contribution in [0.2, 0.25) is 0 Å². The molecule has 19 heavy (non-hydrogen) atoms. The number of hydrogen-bond donors (Lipinski definition) is 1. The van der Waals surface area contributed by atoms with Crippen LogP contribution in [0, 0.1) is 0 Å². The van der Waals surface area contributed by atoms with Crippen LogP contribution in [0.25, 0.3) is 0 Å². The third kappa shape index (κ3) is 5.48. The predicted octanol–water partition coefficient (Wildman–Crippen LogP) is 2.31. The molecule has 0 saturated carbocycles. The highest BCUT2D eigenvalue weighted by atomic mass is 32.2. The van der Waals surface area contributed by atoms with Crippen molar-refractivity contribution in [3.8, 4) is 0 Å². The van der Waals surface area contributed by atoms with Crippen LogP contribution in [0.15, 0.2) is 0 Å². The van der Waals surface area contributed by atoms with E-state index in [2.05, 4.69) is 4.74 Å². The first-order valence-electron chi connectivity index (χ1n) is 5.75. The topological polar surface area (TPSA) is 55.4 Å². The van der Waals surface area contributed by atoms with Gasteiger partial charge in [0.15, 0.2) is 0 Å². The molecule has 0 fully saturated rings. The lowest BCUT2D eigenvalue weighted by molar-refractivity contribution is -0.193. The molecule has 0 aromatic rings. The average Bonchev–Trinajstić information content (AvgIpc) is 2.13. The summed E-state index contributed by atoms with van der Waals surface area (Å²) in [4.78, 5) is 11.3. The molecule has 0 unspecified atom stereocenters. The summed E-state index contributed by atoms with van der Waals surface area (Å²) in [5, 5.41) is 0. The molecule has 0 heterocycles. The van der Waals surface area contributed by atoms with Gasteiger partial charge >= 0.3 is 12.1 Å². The monoisotopic (exact) mass is 303 g/mol. The number of carbonyl (C=O) groups excluding carboxylic acids is 1. The van der Waals surface area contributed by atoms with E-state index < -0.39 is 39.8 Å². The van der Waals surface area contributed by atoms with Gasteiger partial charge in [-0.3, -0.25) is 4.79 Å². The van der Waals surface area contributed by atoms with E-state index in [1.165, 1.54) is 27.7 Å². The molecular formula is C11H20F3NO3S. The van der Waals surface area contributed by atoms with Gasteiger partial charge in [-0.2, -0.15) is 13.2 Å².